The van der Waals surface area contributed by atoms with Crippen molar-refractivity contribution in [3.8, 4) is 11.5 Å². The van der Waals surface area contributed by atoms with Crippen LogP contribution >= 0.6 is 0 Å². The molecule has 2 amide bonds. The van der Waals surface area contributed by atoms with Gasteiger partial charge in [0.05, 0.1) is 16.8 Å². The number of imide groups is 1. The van der Waals surface area contributed by atoms with E-state index >= 15 is 0 Å². The molecular formula is C14H9NO4. The molecule has 2 aromatic rings. The van der Waals surface area contributed by atoms with Gasteiger partial charge in [-0.25, -0.2) is 4.90 Å². The van der Waals surface area contributed by atoms with Crippen molar-refractivity contribution in [1.82, 2.24) is 0 Å². The van der Waals surface area contributed by atoms with E-state index in [1.807, 2.05) is 0 Å². The Bertz CT molecular complexity index is 673. The van der Waals surface area contributed by atoms with Crippen molar-refractivity contribution in [3.05, 3.63) is 53.6 Å². The average molecular weight is 255 g/mol. The number of carbonyl (C=O) groups excluding carboxylic acids is 2. The van der Waals surface area contributed by atoms with Crippen LogP contribution in [0, 0.1) is 0 Å². The van der Waals surface area contributed by atoms with Crippen LogP contribution in [-0.4, -0.2) is 22.0 Å². The highest BCUT2D eigenvalue weighted by Gasteiger charge is 2.36. The SMILES string of the molecule is O=C1c2ccccc2C(=O)N1c1ccc(O)c(O)c1. The van der Waals surface area contributed by atoms with E-state index in [9.17, 15) is 19.8 Å². The summed E-state index contributed by atoms with van der Waals surface area (Å²) in [6.45, 7) is 0. The highest BCUT2D eigenvalue weighted by Crippen LogP contribution is 2.33. The van der Waals surface area contributed by atoms with Gasteiger partial charge in [-0.05, 0) is 24.3 Å². The number of amides is 2. The lowest BCUT2D eigenvalue weighted by Crippen LogP contribution is -2.29. The molecule has 3 rings (SSSR count). The topological polar surface area (TPSA) is 77.8 Å². The summed E-state index contributed by atoms with van der Waals surface area (Å²) in [4.78, 5) is 25.3. The largest absolute Gasteiger partial charge is 0.504 e. The van der Waals surface area contributed by atoms with E-state index < -0.39 is 11.8 Å². The minimum Gasteiger partial charge on any atom is -0.504 e. The van der Waals surface area contributed by atoms with Crippen LogP contribution in [0.25, 0.3) is 0 Å². The van der Waals surface area contributed by atoms with Crippen molar-refractivity contribution in [2.24, 2.45) is 0 Å². The summed E-state index contributed by atoms with van der Waals surface area (Å²) in [7, 11) is 0. The smallest absolute Gasteiger partial charge is 0.266 e. The molecule has 1 aliphatic rings. The standard InChI is InChI=1S/C14H9NO4/c16-11-6-5-8(7-12(11)17)15-13(18)9-3-1-2-4-10(9)14(15)19/h1-7,16-17H. The van der Waals surface area contributed by atoms with E-state index in [0.717, 1.165) is 4.90 Å². The van der Waals surface area contributed by atoms with Gasteiger partial charge in [0, 0.05) is 6.07 Å². The van der Waals surface area contributed by atoms with Crippen molar-refractivity contribution in [1.29, 1.82) is 0 Å². The zero-order valence-corrected chi connectivity index (χ0v) is 9.70. The Morgan fingerprint density at radius 3 is 1.89 bits per heavy atom. The Labute approximate surface area is 108 Å². The molecule has 2 N–H and O–H groups in total. The number of rotatable bonds is 1. The molecule has 0 aliphatic carbocycles. The number of phenols is 2. The molecule has 5 heteroatoms. The second-order valence-electron chi connectivity index (χ2n) is 4.16. The van der Waals surface area contributed by atoms with Gasteiger partial charge < -0.3 is 10.2 Å². The minimum atomic E-state index is -0.439. The maximum absolute atomic E-state index is 12.2. The highest BCUT2D eigenvalue weighted by molar-refractivity contribution is 6.34. The molecule has 0 spiro atoms. The van der Waals surface area contributed by atoms with Crippen molar-refractivity contribution in [3.63, 3.8) is 0 Å². The Hall–Kier alpha value is -2.82. The maximum Gasteiger partial charge on any atom is 0.266 e. The second-order valence-corrected chi connectivity index (χ2v) is 4.16. The summed E-state index contributed by atoms with van der Waals surface area (Å²) < 4.78 is 0. The van der Waals surface area contributed by atoms with Gasteiger partial charge in [-0.15, -0.1) is 0 Å². The minimum absolute atomic E-state index is 0.224. The third-order valence-corrected chi connectivity index (χ3v) is 3.01. The van der Waals surface area contributed by atoms with Crippen molar-refractivity contribution < 1.29 is 19.8 Å². The summed E-state index contributed by atoms with van der Waals surface area (Å²) in [5, 5.41) is 18.7. The first kappa shape index (κ1) is 11.3. The fraction of sp³-hybridized carbons (Fsp3) is 0. The number of benzene rings is 2. The van der Waals surface area contributed by atoms with Crippen LogP contribution in [0.3, 0.4) is 0 Å². The van der Waals surface area contributed by atoms with E-state index in [1.54, 1.807) is 24.3 Å². The normalized spacial score (nSPS) is 13.8. The molecule has 1 aliphatic heterocycles. The third-order valence-electron chi connectivity index (χ3n) is 3.01. The van der Waals surface area contributed by atoms with E-state index in [-0.39, 0.29) is 17.2 Å². The van der Waals surface area contributed by atoms with Crippen LogP contribution in [0.4, 0.5) is 5.69 Å². The summed E-state index contributed by atoms with van der Waals surface area (Å²) in [6.07, 6.45) is 0. The molecule has 0 bridgehead atoms. The molecule has 5 nitrogen and oxygen atoms in total. The molecule has 0 saturated heterocycles. The lowest BCUT2D eigenvalue weighted by Gasteiger charge is -2.14. The highest BCUT2D eigenvalue weighted by atomic mass is 16.3. The summed E-state index contributed by atoms with van der Waals surface area (Å²) in [5.74, 6) is -1.56. The molecule has 0 radical (unpaired) electrons. The number of fused-ring (bicyclic) bond motifs is 1. The van der Waals surface area contributed by atoms with Crippen LogP contribution in [0.5, 0.6) is 11.5 Å². The fourth-order valence-corrected chi connectivity index (χ4v) is 2.07. The summed E-state index contributed by atoms with van der Waals surface area (Å²) in [6, 6.07) is 10.3. The van der Waals surface area contributed by atoms with Crippen molar-refractivity contribution in [2.45, 2.75) is 0 Å². The molecule has 2 aromatic carbocycles. The van der Waals surface area contributed by atoms with Gasteiger partial charge in [-0.1, -0.05) is 12.1 Å². The lowest BCUT2D eigenvalue weighted by molar-refractivity contribution is 0.0926. The van der Waals surface area contributed by atoms with Gasteiger partial charge in [0.25, 0.3) is 11.8 Å². The number of hydrogen-bond acceptors (Lipinski definition) is 4. The average Bonchev–Trinajstić information content (AvgIpc) is 2.66. The van der Waals surface area contributed by atoms with Crippen molar-refractivity contribution in [2.75, 3.05) is 4.90 Å². The van der Waals surface area contributed by atoms with Gasteiger partial charge in [-0.2, -0.15) is 0 Å². The predicted molar refractivity (Wildman–Crippen MR) is 67.4 cm³/mol. The van der Waals surface area contributed by atoms with Crippen LogP contribution in [0.15, 0.2) is 42.5 Å². The Kier molecular flexibility index (Phi) is 2.28. The van der Waals surface area contributed by atoms with Gasteiger partial charge in [0.15, 0.2) is 11.5 Å². The molecule has 0 fully saturated rings. The van der Waals surface area contributed by atoms with Gasteiger partial charge in [0.2, 0.25) is 0 Å². The Morgan fingerprint density at radius 1 is 0.789 bits per heavy atom. The number of hydrogen-bond donors (Lipinski definition) is 2. The molecule has 1 heterocycles. The van der Waals surface area contributed by atoms with Gasteiger partial charge >= 0.3 is 0 Å². The summed E-state index contributed by atoms with van der Waals surface area (Å²) >= 11 is 0. The lowest BCUT2D eigenvalue weighted by atomic mass is 10.1. The van der Waals surface area contributed by atoms with Crippen LogP contribution < -0.4 is 4.90 Å². The van der Waals surface area contributed by atoms with E-state index in [0.29, 0.717) is 11.1 Å². The van der Waals surface area contributed by atoms with Crippen LogP contribution in [-0.2, 0) is 0 Å². The molecule has 0 unspecified atom stereocenters. The van der Waals surface area contributed by atoms with Crippen molar-refractivity contribution >= 4 is 17.5 Å². The summed E-state index contributed by atoms with van der Waals surface area (Å²) in [5.41, 5.74) is 0.890. The molecule has 19 heavy (non-hydrogen) atoms. The molecule has 94 valence electrons. The number of anilines is 1. The monoisotopic (exact) mass is 255 g/mol. The van der Waals surface area contributed by atoms with E-state index in [1.165, 1.54) is 18.2 Å². The Balaban J connectivity index is 2.11. The molecule has 0 atom stereocenters. The van der Waals surface area contributed by atoms with E-state index in [2.05, 4.69) is 0 Å². The van der Waals surface area contributed by atoms with Crippen LogP contribution in [0.1, 0.15) is 20.7 Å². The molecule has 0 aromatic heterocycles. The molecular weight excluding hydrogens is 246 g/mol. The first-order chi connectivity index (χ1) is 9.09. The zero-order valence-electron chi connectivity index (χ0n) is 9.70. The van der Waals surface area contributed by atoms with Crippen LogP contribution in [0.2, 0.25) is 0 Å². The third kappa shape index (κ3) is 1.55. The number of carbonyl (C=O) groups is 2. The first-order valence-electron chi connectivity index (χ1n) is 5.59. The first-order valence-corrected chi connectivity index (χ1v) is 5.59. The van der Waals surface area contributed by atoms with Gasteiger partial charge in [0.1, 0.15) is 0 Å². The fourth-order valence-electron chi connectivity index (χ4n) is 2.07. The number of phenolic OH excluding ortho intramolecular Hbond substituents is 2. The number of aromatic hydroxyl groups is 2. The predicted octanol–water partition coefficient (Wildman–Crippen LogP) is 1.90. The Morgan fingerprint density at radius 2 is 1.37 bits per heavy atom. The maximum atomic E-state index is 12.2. The van der Waals surface area contributed by atoms with E-state index in [4.69, 9.17) is 0 Å². The zero-order chi connectivity index (χ0) is 13.6. The van der Waals surface area contributed by atoms with Gasteiger partial charge in [-0.3, -0.25) is 9.59 Å². The quantitative estimate of drug-likeness (QED) is 0.602. The second kappa shape index (κ2) is 3.84. The number of nitrogens with zero attached hydrogens (tertiary/aromatic N) is 1. The molecule has 0 saturated carbocycles.